The number of Topliss-reactive ketones (excluding diaryl/α,β-unsaturated/α-hetero) is 1. The molecule has 1 unspecified atom stereocenters. The average molecular weight is 360 g/mol. The minimum absolute atomic E-state index is 0.0679. The third-order valence-electron chi connectivity index (χ3n) is 3.81. The Balaban J connectivity index is 1.81. The molecule has 0 aliphatic carbocycles. The summed E-state index contributed by atoms with van der Waals surface area (Å²) >= 11 is 6.13. The molecule has 1 N–H and O–H groups in total. The Kier molecular flexibility index (Phi) is 7.02. The Morgan fingerprint density at radius 2 is 1.80 bits per heavy atom. The summed E-state index contributed by atoms with van der Waals surface area (Å²) < 4.78 is 5.50. The molecular weight excluding hydrogens is 338 g/mol. The van der Waals surface area contributed by atoms with Gasteiger partial charge in [0.05, 0.1) is 6.04 Å². The number of benzene rings is 2. The van der Waals surface area contributed by atoms with E-state index in [9.17, 15) is 9.59 Å². The second kappa shape index (κ2) is 9.23. The zero-order chi connectivity index (χ0) is 18.2. The summed E-state index contributed by atoms with van der Waals surface area (Å²) in [5, 5.41) is 3.49. The van der Waals surface area contributed by atoms with Crippen LogP contribution in [0.1, 0.15) is 37.4 Å². The summed E-state index contributed by atoms with van der Waals surface area (Å²) in [4.78, 5) is 23.0. The first-order valence-electron chi connectivity index (χ1n) is 8.20. The van der Waals surface area contributed by atoms with Gasteiger partial charge in [-0.25, -0.2) is 0 Å². The lowest BCUT2D eigenvalue weighted by Gasteiger charge is -2.16. The predicted molar refractivity (Wildman–Crippen MR) is 98.9 cm³/mol. The van der Waals surface area contributed by atoms with Crippen LogP contribution < -0.4 is 10.1 Å². The van der Waals surface area contributed by atoms with Gasteiger partial charge in [-0.15, -0.1) is 0 Å². The maximum atomic E-state index is 12.0. The maximum absolute atomic E-state index is 12.0. The molecule has 0 aliphatic rings. The lowest BCUT2D eigenvalue weighted by atomic mass is 10.1. The van der Waals surface area contributed by atoms with Crippen LogP contribution in [0.15, 0.2) is 48.5 Å². The second-order valence-electron chi connectivity index (χ2n) is 5.95. The molecule has 0 aliphatic heterocycles. The van der Waals surface area contributed by atoms with Gasteiger partial charge in [0.2, 0.25) is 0 Å². The largest absolute Gasteiger partial charge is 0.484 e. The summed E-state index contributed by atoms with van der Waals surface area (Å²) in [6.07, 6.45) is 1.24. The number of hydrogen-bond acceptors (Lipinski definition) is 3. The van der Waals surface area contributed by atoms with Gasteiger partial charge in [0.15, 0.2) is 6.61 Å². The SMILES string of the molecule is CC(=O)CCc1ccc(OCC(=O)NC(C)c2ccccc2Cl)cc1. The molecule has 2 aromatic rings. The highest BCUT2D eigenvalue weighted by atomic mass is 35.5. The molecule has 0 saturated carbocycles. The second-order valence-corrected chi connectivity index (χ2v) is 6.35. The molecule has 4 nitrogen and oxygen atoms in total. The molecule has 0 spiro atoms. The van der Waals surface area contributed by atoms with E-state index in [0.717, 1.165) is 11.1 Å². The molecule has 0 heterocycles. The topological polar surface area (TPSA) is 55.4 Å². The Bertz CT molecular complexity index is 728. The highest BCUT2D eigenvalue weighted by molar-refractivity contribution is 6.31. The third-order valence-corrected chi connectivity index (χ3v) is 4.15. The van der Waals surface area contributed by atoms with E-state index in [1.807, 2.05) is 37.3 Å². The van der Waals surface area contributed by atoms with Crippen molar-refractivity contribution in [3.8, 4) is 5.75 Å². The molecule has 0 saturated heterocycles. The summed E-state index contributed by atoms with van der Waals surface area (Å²) in [7, 11) is 0. The van der Waals surface area contributed by atoms with Gasteiger partial charge >= 0.3 is 0 Å². The number of hydrogen-bond donors (Lipinski definition) is 1. The Hall–Kier alpha value is -2.33. The van der Waals surface area contributed by atoms with E-state index in [4.69, 9.17) is 16.3 Å². The van der Waals surface area contributed by atoms with Gasteiger partial charge in [0.25, 0.3) is 5.91 Å². The predicted octanol–water partition coefficient (Wildman–Crippen LogP) is 4.12. The van der Waals surface area contributed by atoms with Crippen molar-refractivity contribution in [1.82, 2.24) is 5.32 Å². The Morgan fingerprint density at radius 1 is 1.12 bits per heavy atom. The minimum Gasteiger partial charge on any atom is -0.484 e. The Morgan fingerprint density at radius 3 is 2.44 bits per heavy atom. The van der Waals surface area contributed by atoms with Crippen molar-refractivity contribution in [3.05, 3.63) is 64.7 Å². The number of carbonyl (C=O) groups is 2. The molecule has 0 aromatic heterocycles. The van der Waals surface area contributed by atoms with Gasteiger partial charge in [-0.1, -0.05) is 41.9 Å². The fraction of sp³-hybridized carbons (Fsp3) is 0.300. The van der Waals surface area contributed by atoms with Crippen molar-refractivity contribution in [2.45, 2.75) is 32.7 Å². The summed E-state index contributed by atoms with van der Waals surface area (Å²) in [6, 6.07) is 14.6. The molecule has 5 heteroatoms. The smallest absolute Gasteiger partial charge is 0.258 e. The molecule has 25 heavy (non-hydrogen) atoms. The first kappa shape index (κ1) is 19.0. The standard InChI is InChI=1S/C20H22ClNO3/c1-14(23)7-8-16-9-11-17(12-10-16)25-13-20(24)22-15(2)18-5-3-4-6-19(18)21/h3-6,9-12,15H,7-8,13H2,1-2H3,(H,22,24). The monoisotopic (exact) mass is 359 g/mol. The fourth-order valence-corrected chi connectivity index (χ4v) is 2.71. The molecule has 0 bridgehead atoms. The van der Waals surface area contributed by atoms with E-state index in [1.54, 1.807) is 25.1 Å². The first-order valence-corrected chi connectivity index (χ1v) is 8.58. The number of amides is 1. The van der Waals surface area contributed by atoms with Crippen LogP contribution in [0, 0.1) is 0 Å². The molecule has 2 aromatic carbocycles. The van der Waals surface area contributed by atoms with Gasteiger partial charge in [-0.3, -0.25) is 4.79 Å². The van der Waals surface area contributed by atoms with Crippen LogP contribution in [0.2, 0.25) is 5.02 Å². The molecule has 0 fully saturated rings. The van der Waals surface area contributed by atoms with Crippen LogP contribution in [0.25, 0.3) is 0 Å². The van der Waals surface area contributed by atoms with Crippen molar-refractivity contribution in [2.75, 3.05) is 6.61 Å². The molecule has 0 radical (unpaired) electrons. The fourth-order valence-electron chi connectivity index (χ4n) is 2.41. The number of ketones is 1. The lowest BCUT2D eigenvalue weighted by molar-refractivity contribution is -0.123. The number of ether oxygens (including phenoxy) is 1. The van der Waals surface area contributed by atoms with Gasteiger partial charge in [0.1, 0.15) is 11.5 Å². The quantitative estimate of drug-likeness (QED) is 0.771. The zero-order valence-corrected chi connectivity index (χ0v) is 15.2. The number of halogens is 1. The van der Waals surface area contributed by atoms with Crippen LogP contribution in [0.5, 0.6) is 5.75 Å². The maximum Gasteiger partial charge on any atom is 0.258 e. The number of carbonyl (C=O) groups excluding carboxylic acids is 2. The van der Waals surface area contributed by atoms with E-state index in [1.165, 1.54) is 0 Å². The van der Waals surface area contributed by atoms with E-state index in [2.05, 4.69) is 5.32 Å². The summed E-state index contributed by atoms with van der Waals surface area (Å²) in [5.41, 5.74) is 1.94. The summed E-state index contributed by atoms with van der Waals surface area (Å²) in [5.74, 6) is 0.574. The number of nitrogens with one attached hydrogen (secondary N) is 1. The van der Waals surface area contributed by atoms with Crippen molar-refractivity contribution >= 4 is 23.3 Å². The van der Waals surface area contributed by atoms with Crippen molar-refractivity contribution in [3.63, 3.8) is 0 Å². The van der Waals surface area contributed by atoms with E-state index in [0.29, 0.717) is 23.6 Å². The molecule has 1 atom stereocenters. The van der Waals surface area contributed by atoms with Gasteiger partial charge in [-0.05, 0) is 49.6 Å². The average Bonchev–Trinajstić information content (AvgIpc) is 2.59. The van der Waals surface area contributed by atoms with Crippen molar-refractivity contribution in [1.29, 1.82) is 0 Å². The van der Waals surface area contributed by atoms with Gasteiger partial charge in [0, 0.05) is 11.4 Å². The van der Waals surface area contributed by atoms with Gasteiger partial charge < -0.3 is 14.8 Å². The zero-order valence-electron chi connectivity index (χ0n) is 14.4. The highest BCUT2D eigenvalue weighted by Gasteiger charge is 2.12. The number of rotatable bonds is 8. The Labute approximate surface area is 153 Å². The van der Waals surface area contributed by atoms with E-state index in [-0.39, 0.29) is 24.3 Å². The van der Waals surface area contributed by atoms with Crippen LogP contribution >= 0.6 is 11.6 Å². The van der Waals surface area contributed by atoms with Crippen LogP contribution in [-0.4, -0.2) is 18.3 Å². The van der Waals surface area contributed by atoms with E-state index < -0.39 is 0 Å². The third kappa shape index (κ3) is 6.24. The van der Waals surface area contributed by atoms with Crippen LogP contribution in [0.3, 0.4) is 0 Å². The summed E-state index contributed by atoms with van der Waals surface area (Å²) in [6.45, 7) is 3.39. The van der Waals surface area contributed by atoms with E-state index >= 15 is 0 Å². The minimum atomic E-state index is -0.215. The lowest BCUT2D eigenvalue weighted by Crippen LogP contribution is -2.31. The van der Waals surface area contributed by atoms with Crippen LogP contribution in [0.4, 0.5) is 0 Å². The van der Waals surface area contributed by atoms with Crippen molar-refractivity contribution in [2.24, 2.45) is 0 Å². The molecule has 132 valence electrons. The van der Waals surface area contributed by atoms with Crippen molar-refractivity contribution < 1.29 is 14.3 Å². The van der Waals surface area contributed by atoms with Gasteiger partial charge in [-0.2, -0.15) is 0 Å². The van der Waals surface area contributed by atoms with Crippen LogP contribution in [-0.2, 0) is 16.0 Å². The first-order chi connectivity index (χ1) is 12.0. The highest BCUT2D eigenvalue weighted by Crippen LogP contribution is 2.22. The normalized spacial score (nSPS) is 11.6. The molecule has 1 amide bonds. The number of aryl methyl sites for hydroxylation is 1. The molecular formula is C20H22ClNO3. The molecule has 2 rings (SSSR count).